The summed E-state index contributed by atoms with van der Waals surface area (Å²) in [7, 11) is 1.89. The Hall–Kier alpha value is -1.85. The van der Waals surface area contributed by atoms with Crippen molar-refractivity contribution >= 4 is 18.3 Å². The van der Waals surface area contributed by atoms with Crippen LogP contribution < -0.4 is 5.32 Å². The fraction of sp³-hybridized carbons (Fsp3) is 0.375. The number of hydrogen-bond donors (Lipinski definition) is 1. The maximum absolute atomic E-state index is 12.5. The molecule has 0 spiro atoms. The third kappa shape index (κ3) is 3.48. The van der Waals surface area contributed by atoms with Crippen LogP contribution >= 0.6 is 12.4 Å². The number of aromatic nitrogens is 2. The Balaban J connectivity index is 0.00000176. The lowest BCUT2D eigenvalue weighted by Crippen LogP contribution is -2.43. The molecule has 0 atom stereocenters. The van der Waals surface area contributed by atoms with Gasteiger partial charge >= 0.3 is 0 Å². The molecule has 22 heavy (non-hydrogen) atoms. The van der Waals surface area contributed by atoms with Crippen LogP contribution in [-0.4, -0.2) is 46.8 Å². The van der Waals surface area contributed by atoms with Crippen LogP contribution in [0.4, 0.5) is 0 Å². The van der Waals surface area contributed by atoms with Crippen LogP contribution in [0.1, 0.15) is 23.2 Å². The second kappa shape index (κ2) is 7.42. The smallest absolute Gasteiger partial charge is 0.257 e. The maximum Gasteiger partial charge on any atom is 0.257 e. The number of carbonyl (C=O) groups is 1. The van der Waals surface area contributed by atoms with Crippen LogP contribution in [-0.2, 0) is 0 Å². The second-order valence-electron chi connectivity index (χ2n) is 5.41. The lowest BCUT2D eigenvalue weighted by atomic mass is 10.0. The van der Waals surface area contributed by atoms with Gasteiger partial charge in [0.1, 0.15) is 0 Å². The first-order chi connectivity index (χ1) is 10.3. The molecule has 0 aliphatic carbocycles. The molecule has 0 bridgehead atoms. The molecule has 118 valence electrons. The Bertz CT molecular complexity index is 608. The average molecular weight is 321 g/mol. The quantitative estimate of drug-likeness (QED) is 0.942. The van der Waals surface area contributed by atoms with Gasteiger partial charge in [-0.3, -0.25) is 4.79 Å². The Morgan fingerprint density at radius 3 is 2.64 bits per heavy atom. The van der Waals surface area contributed by atoms with Crippen molar-refractivity contribution in [3.05, 3.63) is 48.3 Å². The summed E-state index contributed by atoms with van der Waals surface area (Å²) < 4.78 is 1.74. The van der Waals surface area contributed by atoms with Crippen LogP contribution in [0.5, 0.6) is 0 Å². The van der Waals surface area contributed by atoms with Gasteiger partial charge in [0, 0.05) is 19.3 Å². The third-order valence-electron chi connectivity index (χ3n) is 4.03. The molecule has 0 unspecified atom stereocenters. The largest absolute Gasteiger partial charge is 0.339 e. The van der Waals surface area contributed by atoms with Crippen molar-refractivity contribution < 1.29 is 4.79 Å². The van der Waals surface area contributed by atoms with E-state index in [0.717, 1.165) is 31.6 Å². The Labute approximate surface area is 136 Å². The van der Waals surface area contributed by atoms with Crippen LogP contribution in [0.15, 0.2) is 42.7 Å². The maximum atomic E-state index is 12.5. The van der Waals surface area contributed by atoms with Crippen LogP contribution in [0, 0.1) is 0 Å². The van der Waals surface area contributed by atoms with E-state index >= 15 is 0 Å². The van der Waals surface area contributed by atoms with Gasteiger partial charge in [-0.05, 0) is 38.1 Å². The number of carbonyl (C=O) groups excluding carboxylic acids is 1. The lowest BCUT2D eigenvalue weighted by molar-refractivity contribution is 0.0703. The van der Waals surface area contributed by atoms with E-state index in [1.807, 2.05) is 42.3 Å². The molecule has 2 aromatic rings. The highest BCUT2D eigenvalue weighted by molar-refractivity contribution is 5.93. The molecule has 1 aromatic heterocycles. The van der Waals surface area contributed by atoms with E-state index in [0.29, 0.717) is 11.6 Å². The summed E-state index contributed by atoms with van der Waals surface area (Å²) in [5.74, 6) is 0.0454. The van der Waals surface area contributed by atoms with Crippen molar-refractivity contribution in [3.63, 3.8) is 0 Å². The zero-order valence-electron chi connectivity index (χ0n) is 12.6. The Kier molecular flexibility index (Phi) is 5.57. The summed E-state index contributed by atoms with van der Waals surface area (Å²) in [4.78, 5) is 14.4. The molecule has 0 saturated carbocycles. The van der Waals surface area contributed by atoms with Crippen LogP contribution in [0.25, 0.3) is 5.69 Å². The van der Waals surface area contributed by atoms with Gasteiger partial charge in [0.25, 0.3) is 5.91 Å². The molecule has 2 heterocycles. The van der Waals surface area contributed by atoms with Gasteiger partial charge in [0.15, 0.2) is 0 Å². The van der Waals surface area contributed by atoms with E-state index in [1.165, 1.54) is 0 Å². The van der Waals surface area contributed by atoms with Crippen molar-refractivity contribution in [3.8, 4) is 5.69 Å². The number of piperidine rings is 1. The first kappa shape index (κ1) is 16.5. The molecule has 6 heteroatoms. The van der Waals surface area contributed by atoms with E-state index in [1.54, 1.807) is 17.1 Å². The number of para-hydroxylation sites is 1. The molecule has 1 aromatic carbocycles. The van der Waals surface area contributed by atoms with Crippen LogP contribution in [0.3, 0.4) is 0 Å². The summed E-state index contributed by atoms with van der Waals surface area (Å²) in [6.45, 7) is 1.96. The molecule has 1 saturated heterocycles. The van der Waals surface area contributed by atoms with Gasteiger partial charge in [0.05, 0.1) is 17.4 Å². The molecule has 1 amide bonds. The van der Waals surface area contributed by atoms with E-state index in [-0.39, 0.29) is 18.3 Å². The van der Waals surface area contributed by atoms with E-state index in [9.17, 15) is 4.79 Å². The van der Waals surface area contributed by atoms with Gasteiger partial charge in [-0.1, -0.05) is 18.2 Å². The van der Waals surface area contributed by atoms with Crippen molar-refractivity contribution in [1.29, 1.82) is 0 Å². The lowest BCUT2D eigenvalue weighted by Gasteiger charge is -2.31. The third-order valence-corrected chi connectivity index (χ3v) is 4.03. The minimum atomic E-state index is 0. The predicted molar refractivity (Wildman–Crippen MR) is 88.8 cm³/mol. The number of amides is 1. The molecule has 1 N–H and O–H groups in total. The topological polar surface area (TPSA) is 50.2 Å². The molecule has 1 aliphatic rings. The number of nitrogens with one attached hydrogen (secondary N) is 1. The fourth-order valence-electron chi connectivity index (χ4n) is 2.72. The standard InChI is InChI=1S/C16H20N4O.ClH/c1-19(14-7-9-17-10-8-14)16(21)13-11-18-20(12-13)15-5-3-2-4-6-15;/h2-6,11-12,14,17H,7-10H2,1H3;1H. The minimum Gasteiger partial charge on any atom is -0.339 e. The van der Waals surface area contributed by atoms with Gasteiger partial charge in [-0.25, -0.2) is 4.68 Å². The zero-order chi connectivity index (χ0) is 14.7. The summed E-state index contributed by atoms with van der Waals surface area (Å²) in [5.41, 5.74) is 1.60. The normalized spacial score (nSPS) is 15.1. The summed E-state index contributed by atoms with van der Waals surface area (Å²) in [5, 5.41) is 7.61. The molecule has 5 nitrogen and oxygen atoms in total. The monoisotopic (exact) mass is 320 g/mol. The number of rotatable bonds is 3. The molecule has 1 aliphatic heterocycles. The highest BCUT2D eigenvalue weighted by atomic mass is 35.5. The van der Waals surface area contributed by atoms with Crippen molar-refractivity contribution in [2.75, 3.05) is 20.1 Å². The van der Waals surface area contributed by atoms with Crippen LogP contribution in [0.2, 0.25) is 0 Å². The molecule has 3 rings (SSSR count). The fourth-order valence-corrected chi connectivity index (χ4v) is 2.72. The molecular formula is C16H21ClN4O. The number of benzene rings is 1. The highest BCUT2D eigenvalue weighted by Gasteiger charge is 2.23. The molecular weight excluding hydrogens is 300 g/mol. The van der Waals surface area contributed by atoms with Crippen molar-refractivity contribution in [2.24, 2.45) is 0 Å². The molecule has 0 radical (unpaired) electrons. The molecule has 1 fully saturated rings. The van der Waals surface area contributed by atoms with Crippen molar-refractivity contribution in [2.45, 2.75) is 18.9 Å². The van der Waals surface area contributed by atoms with Gasteiger partial charge in [0.2, 0.25) is 0 Å². The van der Waals surface area contributed by atoms with Crippen molar-refractivity contribution in [1.82, 2.24) is 20.0 Å². The predicted octanol–water partition coefficient (Wildman–Crippen LogP) is 2.12. The highest BCUT2D eigenvalue weighted by Crippen LogP contribution is 2.14. The van der Waals surface area contributed by atoms with E-state index in [4.69, 9.17) is 0 Å². The minimum absolute atomic E-state index is 0. The Morgan fingerprint density at radius 2 is 1.95 bits per heavy atom. The van der Waals surface area contributed by atoms with Gasteiger partial charge < -0.3 is 10.2 Å². The average Bonchev–Trinajstić information content (AvgIpc) is 3.05. The van der Waals surface area contributed by atoms with Gasteiger partial charge in [-0.15, -0.1) is 12.4 Å². The second-order valence-corrected chi connectivity index (χ2v) is 5.41. The van der Waals surface area contributed by atoms with Gasteiger partial charge in [-0.2, -0.15) is 5.10 Å². The zero-order valence-corrected chi connectivity index (χ0v) is 13.4. The Morgan fingerprint density at radius 1 is 1.27 bits per heavy atom. The number of hydrogen-bond acceptors (Lipinski definition) is 3. The SMILES string of the molecule is CN(C(=O)c1cnn(-c2ccccc2)c1)C1CCNCC1.Cl. The van der Waals surface area contributed by atoms with E-state index < -0.39 is 0 Å². The summed E-state index contributed by atoms with van der Waals surface area (Å²) >= 11 is 0. The van der Waals surface area contributed by atoms with E-state index in [2.05, 4.69) is 10.4 Å². The first-order valence-electron chi connectivity index (χ1n) is 7.33. The summed E-state index contributed by atoms with van der Waals surface area (Å²) in [6, 6.07) is 10.1. The summed E-state index contributed by atoms with van der Waals surface area (Å²) in [6.07, 6.45) is 5.46. The first-order valence-corrected chi connectivity index (χ1v) is 7.33. The number of halogens is 1. The number of nitrogens with zero attached hydrogens (tertiary/aromatic N) is 3.